The Hall–Kier alpha value is -1.72. The molecule has 0 aliphatic carbocycles. The fraction of sp³-hybridized carbons (Fsp3) is 0.429. The second-order valence-electron chi connectivity index (χ2n) is 4.79. The molecule has 1 saturated heterocycles. The van der Waals surface area contributed by atoms with Crippen molar-refractivity contribution < 1.29 is 9.59 Å². The van der Waals surface area contributed by atoms with Gasteiger partial charge in [-0.2, -0.15) is 0 Å². The second kappa shape index (κ2) is 5.95. The van der Waals surface area contributed by atoms with E-state index in [9.17, 15) is 9.59 Å². The molecule has 1 aliphatic rings. The summed E-state index contributed by atoms with van der Waals surface area (Å²) in [6, 6.07) is 7.27. The molecular formula is C14H19N3O2. The normalized spacial score (nSPS) is 16.7. The summed E-state index contributed by atoms with van der Waals surface area (Å²) in [5.41, 5.74) is 1.44. The molecule has 0 saturated carbocycles. The third kappa shape index (κ3) is 3.19. The Kier molecular flexibility index (Phi) is 4.29. The molecule has 1 N–H and O–H groups in total. The maximum atomic E-state index is 12.0. The van der Waals surface area contributed by atoms with Crippen molar-refractivity contribution in [1.82, 2.24) is 10.2 Å². The van der Waals surface area contributed by atoms with E-state index in [1.165, 1.54) is 0 Å². The van der Waals surface area contributed by atoms with E-state index in [0.717, 1.165) is 12.2 Å². The Bertz CT molecular complexity index is 487. The predicted molar refractivity (Wildman–Crippen MR) is 74.5 cm³/mol. The molecule has 0 spiro atoms. The van der Waals surface area contributed by atoms with E-state index in [1.54, 1.807) is 24.1 Å². The van der Waals surface area contributed by atoms with Crippen molar-refractivity contribution in [3.8, 4) is 0 Å². The van der Waals surface area contributed by atoms with Gasteiger partial charge in [-0.1, -0.05) is 12.1 Å². The van der Waals surface area contributed by atoms with Crippen LogP contribution in [0.25, 0.3) is 0 Å². The smallest absolute Gasteiger partial charge is 0.241 e. The van der Waals surface area contributed by atoms with E-state index in [4.69, 9.17) is 0 Å². The van der Waals surface area contributed by atoms with Crippen molar-refractivity contribution in [3.05, 3.63) is 29.8 Å². The zero-order valence-corrected chi connectivity index (χ0v) is 11.3. The SMILES string of the molecule is CNCC(=O)c1cccc(N2CCN(C)CC2=O)c1. The van der Waals surface area contributed by atoms with Gasteiger partial charge in [0.1, 0.15) is 0 Å². The van der Waals surface area contributed by atoms with Crippen LogP contribution in [-0.4, -0.2) is 56.9 Å². The van der Waals surface area contributed by atoms with Crippen LogP contribution in [0, 0.1) is 0 Å². The van der Waals surface area contributed by atoms with Gasteiger partial charge in [-0.15, -0.1) is 0 Å². The first kappa shape index (κ1) is 13.7. The molecule has 5 nitrogen and oxygen atoms in total. The number of anilines is 1. The van der Waals surface area contributed by atoms with Gasteiger partial charge >= 0.3 is 0 Å². The van der Waals surface area contributed by atoms with Crippen LogP contribution in [0.3, 0.4) is 0 Å². The lowest BCUT2D eigenvalue weighted by atomic mass is 10.1. The second-order valence-corrected chi connectivity index (χ2v) is 4.79. The number of benzene rings is 1. The maximum absolute atomic E-state index is 12.0. The number of Topliss-reactive ketones (excluding diaryl/α,β-unsaturated/α-hetero) is 1. The fourth-order valence-electron chi connectivity index (χ4n) is 2.17. The van der Waals surface area contributed by atoms with E-state index in [1.807, 2.05) is 24.1 Å². The fourth-order valence-corrected chi connectivity index (χ4v) is 2.17. The van der Waals surface area contributed by atoms with Crippen molar-refractivity contribution in [2.75, 3.05) is 45.2 Å². The zero-order chi connectivity index (χ0) is 13.8. The molecule has 1 aromatic rings. The van der Waals surface area contributed by atoms with E-state index in [-0.39, 0.29) is 11.7 Å². The molecule has 0 radical (unpaired) electrons. The summed E-state index contributed by atoms with van der Waals surface area (Å²) in [4.78, 5) is 27.6. The largest absolute Gasteiger partial charge is 0.313 e. The van der Waals surface area contributed by atoms with Gasteiger partial charge in [-0.05, 0) is 26.2 Å². The minimum Gasteiger partial charge on any atom is -0.313 e. The highest BCUT2D eigenvalue weighted by Gasteiger charge is 2.23. The van der Waals surface area contributed by atoms with Crippen LogP contribution in [0.1, 0.15) is 10.4 Å². The lowest BCUT2D eigenvalue weighted by Gasteiger charge is -2.32. The quantitative estimate of drug-likeness (QED) is 0.796. The summed E-state index contributed by atoms with van der Waals surface area (Å²) in [5.74, 6) is 0.109. The molecule has 1 amide bonds. The monoisotopic (exact) mass is 261 g/mol. The van der Waals surface area contributed by atoms with Crippen molar-refractivity contribution >= 4 is 17.4 Å². The van der Waals surface area contributed by atoms with Crippen molar-refractivity contribution in [2.45, 2.75) is 0 Å². The Morgan fingerprint density at radius 1 is 1.37 bits per heavy atom. The maximum Gasteiger partial charge on any atom is 0.241 e. The van der Waals surface area contributed by atoms with E-state index in [2.05, 4.69) is 5.32 Å². The summed E-state index contributed by atoms with van der Waals surface area (Å²) in [5, 5.41) is 2.84. The van der Waals surface area contributed by atoms with Crippen LogP contribution in [0.4, 0.5) is 5.69 Å². The summed E-state index contributed by atoms with van der Waals surface area (Å²) in [6.45, 7) is 2.24. The standard InChI is InChI=1S/C14H19N3O2/c1-15-9-13(18)11-4-3-5-12(8-11)17-7-6-16(2)10-14(17)19/h3-5,8,15H,6-7,9-10H2,1-2H3. The number of likely N-dealkylation sites (N-methyl/N-ethyl adjacent to an activating group) is 2. The van der Waals surface area contributed by atoms with E-state index < -0.39 is 0 Å². The van der Waals surface area contributed by atoms with Gasteiger partial charge in [0.25, 0.3) is 0 Å². The van der Waals surface area contributed by atoms with E-state index >= 15 is 0 Å². The summed E-state index contributed by atoms with van der Waals surface area (Å²) >= 11 is 0. The zero-order valence-electron chi connectivity index (χ0n) is 11.3. The molecule has 0 unspecified atom stereocenters. The molecule has 19 heavy (non-hydrogen) atoms. The van der Waals surface area contributed by atoms with Crippen LogP contribution in [-0.2, 0) is 4.79 Å². The number of nitrogens with zero attached hydrogens (tertiary/aromatic N) is 2. The Morgan fingerprint density at radius 2 is 2.16 bits per heavy atom. The molecule has 0 atom stereocenters. The Morgan fingerprint density at radius 3 is 2.84 bits per heavy atom. The van der Waals surface area contributed by atoms with Crippen LogP contribution in [0.5, 0.6) is 0 Å². The third-order valence-electron chi connectivity index (χ3n) is 3.23. The predicted octanol–water partition coefficient (Wildman–Crippen LogP) is 0.367. The number of piperazine rings is 1. The average molecular weight is 261 g/mol. The van der Waals surface area contributed by atoms with Crippen LogP contribution in [0.15, 0.2) is 24.3 Å². The third-order valence-corrected chi connectivity index (χ3v) is 3.23. The Labute approximate surface area is 113 Å². The van der Waals surface area contributed by atoms with Crippen molar-refractivity contribution in [1.29, 1.82) is 0 Å². The van der Waals surface area contributed by atoms with Gasteiger partial charge in [0.05, 0.1) is 13.1 Å². The van der Waals surface area contributed by atoms with Gasteiger partial charge in [0.15, 0.2) is 5.78 Å². The molecule has 1 aliphatic heterocycles. The number of ketones is 1. The Balaban J connectivity index is 2.19. The number of carbonyl (C=O) groups excluding carboxylic acids is 2. The van der Waals surface area contributed by atoms with Gasteiger partial charge in [0, 0.05) is 24.3 Å². The summed E-state index contributed by atoms with van der Waals surface area (Å²) < 4.78 is 0. The number of amides is 1. The molecule has 0 aromatic heterocycles. The average Bonchev–Trinajstić information content (AvgIpc) is 2.39. The van der Waals surface area contributed by atoms with Gasteiger partial charge in [-0.3, -0.25) is 14.5 Å². The van der Waals surface area contributed by atoms with E-state index in [0.29, 0.717) is 25.2 Å². The lowest BCUT2D eigenvalue weighted by Crippen LogP contribution is -2.48. The molecule has 1 aromatic carbocycles. The molecule has 0 bridgehead atoms. The highest BCUT2D eigenvalue weighted by atomic mass is 16.2. The number of hydrogen-bond donors (Lipinski definition) is 1. The number of rotatable bonds is 4. The summed E-state index contributed by atoms with van der Waals surface area (Å²) in [7, 11) is 3.67. The highest BCUT2D eigenvalue weighted by molar-refractivity contribution is 6.00. The minimum absolute atomic E-state index is 0.0333. The first-order valence-corrected chi connectivity index (χ1v) is 6.38. The molecule has 1 heterocycles. The summed E-state index contributed by atoms with van der Waals surface area (Å²) in [6.07, 6.45) is 0. The van der Waals surface area contributed by atoms with Gasteiger partial charge in [0.2, 0.25) is 5.91 Å². The highest BCUT2D eigenvalue weighted by Crippen LogP contribution is 2.18. The van der Waals surface area contributed by atoms with Crippen molar-refractivity contribution in [2.24, 2.45) is 0 Å². The first-order valence-electron chi connectivity index (χ1n) is 6.38. The van der Waals surface area contributed by atoms with Gasteiger partial charge < -0.3 is 10.2 Å². The molecule has 1 fully saturated rings. The van der Waals surface area contributed by atoms with Crippen molar-refractivity contribution in [3.63, 3.8) is 0 Å². The number of nitrogens with one attached hydrogen (secondary N) is 1. The molecular weight excluding hydrogens is 242 g/mol. The molecule has 5 heteroatoms. The van der Waals surface area contributed by atoms with Crippen LogP contribution in [0.2, 0.25) is 0 Å². The lowest BCUT2D eigenvalue weighted by molar-refractivity contribution is -0.120. The first-order chi connectivity index (χ1) is 9.11. The minimum atomic E-state index is 0.0333. The van der Waals surface area contributed by atoms with Gasteiger partial charge in [-0.25, -0.2) is 0 Å². The topological polar surface area (TPSA) is 52.7 Å². The molecule has 102 valence electrons. The number of hydrogen-bond acceptors (Lipinski definition) is 4. The number of carbonyl (C=O) groups is 2. The van der Waals surface area contributed by atoms with Crippen LogP contribution >= 0.6 is 0 Å². The van der Waals surface area contributed by atoms with Crippen LogP contribution < -0.4 is 10.2 Å². The molecule has 2 rings (SSSR count).